The van der Waals surface area contributed by atoms with Crippen LogP contribution in [0.4, 0.5) is 5.13 Å². The highest BCUT2D eigenvalue weighted by Gasteiger charge is 2.19. The van der Waals surface area contributed by atoms with Gasteiger partial charge in [-0.3, -0.25) is 4.68 Å². The van der Waals surface area contributed by atoms with E-state index in [9.17, 15) is 0 Å². The van der Waals surface area contributed by atoms with Crippen molar-refractivity contribution in [1.29, 1.82) is 0 Å². The van der Waals surface area contributed by atoms with E-state index in [1.165, 1.54) is 17.7 Å². The van der Waals surface area contributed by atoms with Gasteiger partial charge in [0.15, 0.2) is 5.13 Å². The fourth-order valence-electron chi connectivity index (χ4n) is 2.46. The summed E-state index contributed by atoms with van der Waals surface area (Å²) in [4.78, 5) is 8.24. The van der Waals surface area contributed by atoms with Crippen LogP contribution < -0.4 is 4.90 Å². The van der Waals surface area contributed by atoms with E-state index in [0.29, 0.717) is 0 Å². The van der Waals surface area contributed by atoms with Crippen LogP contribution in [0.25, 0.3) is 0 Å². The second-order valence-corrected chi connectivity index (χ2v) is 7.17. The van der Waals surface area contributed by atoms with Gasteiger partial charge < -0.3 is 4.90 Å². The zero-order valence-corrected chi connectivity index (χ0v) is 13.3. The maximum absolute atomic E-state index is 4.57. The Bertz CT molecular complexity index is 550. The van der Waals surface area contributed by atoms with Crippen LogP contribution in [0.3, 0.4) is 0 Å². The molecule has 0 N–H and O–H groups in total. The maximum Gasteiger partial charge on any atom is 0.185 e. The molecule has 1 aliphatic rings. The van der Waals surface area contributed by atoms with Crippen LogP contribution >= 0.6 is 27.3 Å². The molecule has 0 aliphatic carbocycles. The number of anilines is 1. The molecule has 0 radical (unpaired) electrons. The van der Waals surface area contributed by atoms with Gasteiger partial charge in [0.25, 0.3) is 0 Å². The van der Waals surface area contributed by atoms with Crippen LogP contribution in [-0.4, -0.2) is 27.9 Å². The lowest BCUT2D eigenvalue weighted by molar-refractivity contribution is 0.446. The van der Waals surface area contributed by atoms with E-state index in [1.54, 1.807) is 11.3 Å². The fourth-order valence-corrected chi connectivity index (χ4v) is 3.73. The van der Waals surface area contributed by atoms with Crippen molar-refractivity contribution < 1.29 is 0 Å². The summed E-state index contributed by atoms with van der Waals surface area (Å²) in [6, 6.07) is 0. The van der Waals surface area contributed by atoms with Crippen LogP contribution in [0.1, 0.15) is 24.6 Å². The quantitative estimate of drug-likeness (QED) is 0.858. The van der Waals surface area contributed by atoms with E-state index in [-0.39, 0.29) is 0 Å². The molecule has 4 nitrogen and oxygen atoms in total. The largest absolute Gasteiger partial charge is 0.348 e. The van der Waals surface area contributed by atoms with Crippen molar-refractivity contribution in [3.8, 4) is 0 Å². The van der Waals surface area contributed by atoms with Gasteiger partial charge in [-0.25, -0.2) is 4.98 Å². The number of rotatable bonds is 3. The molecule has 0 amide bonds. The molecule has 1 aliphatic heterocycles. The molecule has 1 fully saturated rings. The second-order valence-electron chi connectivity index (χ2n) is 5.16. The highest BCUT2D eigenvalue weighted by Crippen LogP contribution is 2.27. The van der Waals surface area contributed by atoms with Gasteiger partial charge in [0, 0.05) is 30.4 Å². The first-order valence-electron chi connectivity index (χ1n) is 6.58. The van der Waals surface area contributed by atoms with Crippen LogP contribution in [0.5, 0.6) is 0 Å². The van der Waals surface area contributed by atoms with Crippen LogP contribution in [0, 0.1) is 5.92 Å². The van der Waals surface area contributed by atoms with Gasteiger partial charge in [-0.1, -0.05) is 18.3 Å². The average Bonchev–Trinajstić information content (AvgIpc) is 2.99. The Morgan fingerprint density at radius 3 is 3.11 bits per heavy atom. The monoisotopic (exact) mass is 340 g/mol. The standard InChI is InChI=1S/C13H17BrN4S/c1-10-3-2-4-17(7-10)13-15-6-12(19-13)9-18-8-11(14)5-16-18/h5-6,8,10H,2-4,7,9H2,1H3. The third-order valence-electron chi connectivity index (χ3n) is 3.39. The topological polar surface area (TPSA) is 34.0 Å². The number of hydrogen-bond donors (Lipinski definition) is 0. The molecule has 3 heterocycles. The Balaban J connectivity index is 1.69. The van der Waals surface area contributed by atoms with E-state index >= 15 is 0 Å². The van der Waals surface area contributed by atoms with E-state index in [0.717, 1.165) is 35.2 Å². The van der Waals surface area contributed by atoms with E-state index in [2.05, 4.69) is 37.8 Å². The Morgan fingerprint density at radius 1 is 1.47 bits per heavy atom. The molecule has 3 rings (SSSR count). The third-order valence-corrected chi connectivity index (χ3v) is 4.84. The van der Waals surface area contributed by atoms with Crippen LogP contribution in [0.2, 0.25) is 0 Å². The number of halogens is 1. The van der Waals surface area contributed by atoms with Crippen LogP contribution in [0.15, 0.2) is 23.1 Å². The van der Waals surface area contributed by atoms with Gasteiger partial charge >= 0.3 is 0 Å². The lowest BCUT2D eigenvalue weighted by Crippen LogP contribution is -2.34. The Kier molecular flexibility index (Phi) is 3.88. The lowest BCUT2D eigenvalue weighted by Gasteiger charge is -2.30. The summed E-state index contributed by atoms with van der Waals surface area (Å²) >= 11 is 5.20. The number of thiazole rings is 1. The van der Waals surface area contributed by atoms with Gasteiger partial charge in [-0.2, -0.15) is 5.10 Å². The molecular weight excluding hydrogens is 324 g/mol. The molecule has 0 saturated carbocycles. The van der Waals surface area contributed by atoms with Gasteiger partial charge in [0.1, 0.15) is 0 Å². The lowest BCUT2D eigenvalue weighted by atomic mass is 10.0. The second kappa shape index (κ2) is 5.63. The molecule has 2 aromatic heterocycles. The predicted molar refractivity (Wildman–Crippen MR) is 81.8 cm³/mol. The van der Waals surface area contributed by atoms with Crippen molar-refractivity contribution in [2.24, 2.45) is 5.92 Å². The summed E-state index contributed by atoms with van der Waals surface area (Å²) in [5, 5.41) is 5.44. The summed E-state index contributed by atoms with van der Waals surface area (Å²) < 4.78 is 2.95. The van der Waals surface area contributed by atoms with Crippen molar-refractivity contribution in [2.45, 2.75) is 26.3 Å². The first kappa shape index (κ1) is 13.1. The third kappa shape index (κ3) is 3.17. The first-order valence-corrected chi connectivity index (χ1v) is 8.19. The molecular formula is C13H17BrN4S. The van der Waals surface area contributed by atoms with Gasteiger partial charge in [-0.15, -0.1) is 0 Å². The molecule has 0 aromatic carbocycles. The molecule has 1 saturated heterocycles. The highest BCUT2D eigenvalue weighted by molar-refractivity contribution is 9.10. The Hall–Kier alpha value is -0.880. The minimum Gasteiger partial charge on any atom is -0.348 e. The zero-order valence-electron chi connectivity index (χ0n) is 10.9. The number of nitrogens with zero attached hydrogens (tertiary/aromatic N) is 4. The van der Waals surface area contributed by atoms with Crippen LogP contribution in [-0.2, 0) is 6.54 Å². The molecule has 0 spiro atoms. The van der Waals surface area contributed by atoms with Crippen molar-refractivity contribution in [3.05, 3.63) is 27.9 Å². The van der Waals surface area contributed by atoms with E-state index < -0.39 is 0 Å². The molecule has 1 unspecified atom stereocenters. The first-order chi connectivity index (χ1) is 9.20. The summed E-state index contributed by atoms with van der Waals surface area (Å²) in [5.74, 6) is 0.781. The Morgan fingerprint density at radius 2 is 2.37 bits per heavy atom. The predicted octanol–water partition coefficient (Wildman–Crippen LogP) is 3.39. The minimum atomic E-state index is 0.781. The zero-order chi connectivity index (χ0) is 13.2. The highest BCUT2D eigenvalue weighted by atomic mass is 79.9. The summed E-state index contributed by atoms with van der Waals surface area (Å²) in [6.45, 7) is 5.40. The van der Waals surface area contributed by atoms with Gasteiger partial charge in [-0.05, 0) is 34.7 Å². The molecule has 6 heteroatoms. The molecule has 0 bridgehead atoms. The van der Waals surface area contributed by atoms with Crippen molar-refractivity contribution in [3.63, 3.8) is 0 Å². The molecule has 102 valence electrons. The molecule has 2 aromatic rings. The maximum atomic E-state index is 4.57. The number of aromatic nitrogens is 3. The molecule has 1 atom stereocenters. The summed E-state index contributed by atoms with van der Waals surface area (Å²) in [7, 11) is 0. The van der Waals surface area contributed by atoms with Gasteiger partial charge in [0.05, 0.1) is 17.2 Å². The van der Waals surface area contributed by atoms with Crippen molar-refractivity contribution in [1.82, 2.24) is 14.8 Å². The Labute approximate surface area is 125 Å². The summed E-state index contributed by atoms with van der Waals surface area (Å²) in [5.41, 5.74) is 0. The minimum absolute atomic E-state index is 0.781. The van der Waals surface area contributed by atoms with E-state index in [1.807, 2.05) is 23.3 Å². The number of hydrogen-bond acceptors (Lipinski definition) is 4. The normalized spacial score (nSPS) is 19.9. The van der Waals surface area contributed by atoms with E-state index in [4.69, 9.17) is 0 Å². The average molecular weight is 341 g/mol. The smallest absolute Gasteiger partial charge is 0.185 e. The van der Waals surface area contributed by atoms with Crippen molar-refractivity contribution >= 4 is 32.4 Å². The SMILES string of the molecule is CC1CCCN(c2ncc(Cn3cc(Br)cn3)s2)C1. The van der Waals surface area contributed by atoms with Gasteiger partial charge in [0.2, 0.25) is 0 Å². The molecule has 19 heavy (non-hydrogen) atoms. The fraction of sp³-hybridized carbons (Fsp3) is 0.538. The van der Waals surface area contributed by atoms with Crippen molar-refractivity contribution in [2.75, 3.05) is 18.0 Å². The summed E-state index contributed by atoms with van der Waals surface area (Å²) in [6.07, 6.45) is 8.41. The number of piperidine rings is 1.